The van der Waals surface area contributed by atoms with Crippen molar-refractivity contribution in [2.24, 2.45) is 0 Å². The molecule has 3 nitrogen and oxygen atoms in total. The Labute approximate surface area is 73.9 Å². The summed E-state index contributed by atoms with van der Waals surface area (Å²) < 4.78 is 5.23. The van der Waals surface area contributed by atoms with Gasteiger partial charge in [0, 0.05) is 25.7 Å². The average molecular weight is 170 g/mol. The Morgan fingerprint density at radius 2 is 2.17 bits per heavy atom. The molecule has 70 valence electrons. The van der Waals surface area contributed by atoms with Gasteiger partial charge in [-0.25, -0.2) is 0 Å². The van der Waals surface area contributed by atoms with Crippen molar-refractivity contribution < 1.29 is 4.74 Å². The van der Waals surface area contributed by atoms with E-state index in [1.807, 2.05) is 0 Å². The van der Waals surface area contributed by atoms with E-state index in [2.05, 4.69) is 10.6 Å². The molecular formula is C9H18N2O. The van der Waals surface area contributed by atoms with Crippen LogP contribution in [0.15, 0.2) is 0 Å². The summed E-state index contributed by atoms with van der Waals surface area (Å²) in [5.74, 6) is 0. The zero-order chi connectivity index (χ0) is 8.39. The van der Waals surface area contributed by atoms with E-state index in [0.29, 0.717) is 12.1 Å². The summed E-state index contributed by atoms with van der Waals surface area (Å²) in [4.78, 5) is 0. The fourth-order valence-corrected chi connectivity index (χ4v) is 2.02. The molecule has 0 aromatic rings. The predicted octanol–water partition coefficient (Wildman–Crippen LogP) is 0.115. The zero-order valence-electron chi connectivity index (χ0n) is 7.68. The van der Waals surface area contributed by atoms with E-state index in [9.17, 15) is 0 Å². The maximum Gasteiger partial charge on any atom is 0.0601 e. The lowest BCUT2D eigenvalue weighted by molar-refractivity contribution is 0.0148. The van der Waals surface area contributed by atoms with Crippen molar-refractivity contribution >= 4 is 0 Å². The van der Waals surface area contributed by atoms with Crippen LogP contribution in [0.2, 0.25) is 0 Å². The lowest BCUT2D eigenvalue weighted by atomic mass is 9.88. The van der Waals surface area contributed by atoms with Gasteiger partial charge in [-0.1, -0.05) is 0 Å². The van der Waals surface area contributed by atoms with Gasteiger partial charge in [0.05, 0.1) is 6.10 Å². The second-order valence-corrected chi connectivity index (χ2v) is 3.88. The van der Waals surface area contributed by atoms with Crippen molar-refractivity contribution in [2.75, 3.05) is 20.2 Å². The number of nitrogens with one attached hydrogen (secondary N) is 2. The normalized spacial score (nSPS) is 41.2. The summed E-state index contributed by atoms with van der Waals surface area (Å²) in [5, 5.41) is 6.99. The Kier molecular flexibility index (Phi) is 2.63. The largest absolute Gasteiger partial charge is 0.381 e. The van der Waals surface area contributed by atoms with Crippen LogP contribution in [0.1, 0.15) is 19.3 Å². The van der Waals surface area contributed by atoms with E-state index in [4.69, 9.17) is 4.74 Å². The van der Waals surface area contributed by atoms with Crippen LogP contribution >= 0.6 is 0 Å². The van der Waals surface area contributed by atoms with Gasteiger partial charge < -0.3 is 15.4 Å². The molecule has 2 fully saturated rings. The minimum atomic E-state index is 0.525. The SMILES string of the molecule is COC1CC(NC2CCNC2)C1. The second kappa shape index (κ2) is 3.73. The highest BCUT2D eigenvalue weighted by molar-refractivity contribution is 4.90. The molecule has 1 heterocycles. The van der Waals surface area contributed by atoms with E-state index in [1.54, 1.807) is 7.11 Å². The predicted molar refractivity (Wildman–Crippen MR) is 48.2 cm³/mol. The van der Waals surface area contributed by atoms with Gasteiger partial charge in [0.25, 0.3) is 0 Å². The van der Waals surface area contributed by atoms with Crippen molar-refractivity contribution in [3.8, 4) is 0 Å². The Bertz CT molecular complexity index is 139. The number of methoxy groups -OCH3 is 1. The summed E-state index contributed by atoms with van der Waals surface area (Å²) in [6.07, 6.45) is 4.21. The Balaban J connectivity index is 1.62. The highest BCUT2D eigenvalue weighted by atomic mass is 16.5. The van der Waals surface area contributed by atoms with Crippen LogP contribution in [0.5, 0.6) is 0 Å². The molecule has 2 rings (SSSR count). The molecule has 1 aliphatic heterocycles. The van der Waals surface area contributed by atoms with Gasteiger partial charge >= 0.3 is 0 Å². The quantitative estimate of drug-likeness (QED) is 0.631. The van der Waals surface area contributed by atoms with Gasteiger partial charge in [-0.05, 0) is 25.8 Å². The smallest absolute Gasteiger partial charge is 0.0601 e. The molecule has 3 heteroatoms. The van der Waals surface area contributed by atoms with Gasteiger partial charge in [0.1, 0.15) is 0 Å². The first-order valence-corrected chi connectivity index (χ1v) is 4.88. The molecule has 0 bridgehead atoms. The molecule has 0 aromatic carbocycles. The van der Waals surface area contributed by atoms with Crippen molar-refractivity contribution in [3.05, 3.63) is 0 Å². The molecule has 1 saturated heterocycles. The molecule has 0 radical (unpaired) electrons. The standard InChI is InChI=1S/C9H18N2O/c1-12-9-4-8(5-9)11-7-2-3-10-6-7/h7-11H,2-6H2,1H3. The van der Waals surface area contributed by atoms with Crippen molar-refractivity contribution in [1.29, 1.82) is 0 Å². The first-order valence-electron chi connectivity index (χ1n) is 4.88. The molecule has 12 heavy (non-hydrogen) atoms. The Hall–Kier alpha value is -0.120. The third-order valence-electron chi connectivity index (χ3n) is 2.96. The van der Waals surface area contributed by atoms with Gasteiger partial charge in [0.15, 0.2) is 0 Å². The van der Waals surface area contributed by atoms with Crippen LogP contribution in [-0.4, -0.2) is 38.4 Å². The van der Waals surface area contributed by atoms with Gasteiger partial charge in [-0.15, -0.1) is 0 Å². The second-order valence-electron chi connectivity index (χ2n) is 3.88. The molecule has 1 aliphatic carbocycles. The third kappa shape index (κ3) is 1.79. The summed E-state index contributed by atoms with van der Waals surface area (Å²) in [6, 6.07) is 1.44. The first-order chi connectivity index (χ1) is 5.88. The van der Waals surface area contributed by atoms with Gasteiger partial charge in [0.2, 0.25) is 0 Å². The van der Waals surface area contributed by atoms with Crippen LogP contribution < -0.4 is 10.6 Å². The maximum absolute atomic E-state index is 5.23. The lowest BCUT2D eigenvalue weighted by Crippen LogP contribution is -2.49. The number of hydrogen-bond acceptors (Lipinski definition) is 3. The van der Waals surface area contributed by atoms with Crippen LogP contribution in [0.25, 0.3) is 0 Å². The summed E-state index contributed by atoms with van der Waals surface area (Å²) in [5.41, 5.74) is 0. The van der Waals surface area contributed by atoms with Crippen molar-refractivity contribution in [1.82, 2.24) is 10.6 Å². The van der Waals surface area contributed by atoms with Crippen molar-refractivity contribution in [3.63, 3.8) is 0 Å². The van der Waals surface area contributed by atoms with E-state index < -0.39 is 0 Å². The molecule has 0 amide bonds. The summed E-state index contributed by atoms with van der Waals surface area (Å²) in [6.45, 7) is 2.33. The first kappa shape index (κ1) is 8.48. The highest BCUT2D eigenvalue weighted by Crippen LogP contribution is 2.23. The maximum atomic E-state index is 5.23. The lowest BCUT2D eigenvalue weighted by Gasteiger charge is -2.36. The van der Waals surface area contributed by atoms with Crippen molar-refractivity contribution in [2.45, 2.75) is 37.5 Å². The van der Waals surface area contributed by atoms with E-state index in [0.717, 1.165) is 12.6 Å². The number of hydrogen-bond donors (Lipinski definition) is 2. The van der Waals surface area contributed by atoms with E-state index in [-0.39, 0.29) is 0 Å². The molecule has 0 aromatic heterocycles. The molecule has 1 atom stereocenters. The monoisotopic (exact) mass is 170 g/mol. The van der Waals surface area contributed by atoms with Crippen LogP contribution in [-0.2, 0) is 4.74 Å². The molecule has 2 N–H and O–H groups in total. The minimum Gasteiger partial charge on any atom is -0.381 e. The Morgan fingerprint density at radius 1 is 1.33 bits per heavy atom. The molecular weight excluding hydrogens is 152 g/mol. The highest BCUT2D eigenvalue weighted by Gasteiger charge is 2.30. The molecule has 2 aliphatic rings. The molecule has 1 saturated carbocycles. The summed E-state index contributed by atoms with van der Waals surface area (Å²) in [7, 11) is 1.80. The minimum absolute atomic E-state index is 0.525. The van der Waals surface area contributed by atoms with Crippen LogP contribution in [0.4, 0.5) is 0 Å². The van der Waals surface area contributed by atoms with E-state index >= 15 is 0 Å². The topological polar surface area (TPSA) is 33.3 Å². The fourth-order valence-electron chi connectivity index (χ4n) is 2.02. The zero-order valence-corrected chi connectivity index (χ0v) is 7.68. The number of ether oxygens (including phenoxy) is 1. The van der Waals surface area contributed by atoms with Gasteiger partial charge in [-0.3, -0.25) is 0 Å². The van der Waals surface area contributed by atoms with Crippen LogP contribution in [0.3, 0.4) is 0 Å². The van der Waals surface area contributed by atoms with E-state index in [1.165, 1.54) is 25.8 Å². The van der Waals surface area contributed by atoms with Gasteiger partial charge in [-0.2, -0.15) is 0 Å². The molecule has 1 unspecified atom stereocenters. The number of rotatable bonds is 3. The fraction of sp³-hybridized carbons (Fsp3) is 1.00. The Morgan fingerprint density at radius 3 is 2.75 bits per heavy atom. The molecule has 0 spiro atoms. The average Bonchev–Trinajstić information content (AvgIpc) is 2.47. The van der Waals surface area contributed by atoms with Crippen LogP contribution in [0, 0.1) is 0 Å². The third-order valence-corrected chi connectivity index (χ3v) is 2.96. The summed E-state index contributed by atoms with van der Waals surface area (Å²) >= 11 is 0.